The molecule has 2 aromatic carbocycles. The van der Waals surface area contributed by atoms with E-state index in [2.05, 4.69) is 0 Å². The van der Waals surface area contributed by atoms with Gasteiger partial charge in [0.25, 0.3) is 0 Å². The predicted octanol–water partition coefficient (Wildman–Crippen LogP) is 3.94. The lowest BCUT2D eigenvalue weighted by molar-refractivity contribution is 0.137. The molecule has 1 aliphatic rings. The summed E-state index contributed by atoms with van der Waals surface area (Å²) in [5, 5.41) is 22.2. The maximum Gasteiger partial charge on any atom is 0.123 e. The predicted molar refractivity (Wildman–Crippen MR) is 79.7 cm³/mol. The van der Waals surface area contributed by atoms with E-state index in [1.807, 2.05) is 30.3 Å². The standard InChI is InChI=1S/C16H18O2S/c17-13-9-10-15(12-6-2-1-5-11(12)13)19-16-8-4-3-7-14(16)18/h1-2,5-6,9-10,14,16-18H,3-4,7-8H2. The molecule has 0 spiro atoms. The van der Waals surface area contributed by atoms with E-state index < -0.39 is 0 Å². The molecule has 2 N–H and O–H groups in total. The quantitative estimate of drug-likeness (QED) is 0.871. The third-order valence-corrected chi connectivity index (χ3v) is 5.27. The molecule has 0 amide bonds. The van der Waals surface area contributed by atoms with Crippen LogP contribution in [0.3, 0.4) is 0 Å². The lowest BCUT2D eigenvalue weighted by Gasteiger charge is -2.27. The van der Waals surface area contributed by atoms with E-state index in [1.54, 1.807) is 17.8 Å². The number of phenolic OH excluding ortho intramolecular Hbond substituents is 1. The van der Waals surface area contributed by atoms with E-state index >= 15 is 0 Å². The van der Waals surface area contributed by atoms with Crippen LogP contribution in [0.5, 0.6) is 5.75 Å². The summed E-state index contributed by atoms with van der Waals surface area (Å²) in [6.45, 7) is 0. The molecule has 3 heteroatoms. The van der Waals surface area contributed by atoms with Gasteiger partial charge in [0, 0.05) is 15.5 Å². The fraction of sp³-hybridized carbons (Fsp3) is 0.375. The second-order valence-electron chi connectivity index (χ2n) is 5.14. The summed E-state index contributed by atoms with van der Waals surface area (Å²) in [4.78, 5) is 1.15. The lowest BCUT2D eigenvalue weighted by Crippen LogP contribution is -2.26. The van der Waals surface area contributed by atoms with E-state index in [9.17, 15) is 10.2 Å². The van der Waals surface area contributed by atoms with Gasteiger partial charge in [-0.25, -0.2) is 0 Å². The average Bonchev–Trinajstić information content (AvgIpc) is 2.44. The van der Waals surface area contributed by atoms with Gasteiger partial charge in [0.05, 0.1) is 6.10 Å². The third-order valence-electron chi connectivity index (χ3n) is 3.81. The summed E-state index contributed by atoms with van der Waals surface area (Å²) < 4.78 is 0. The Morgan fingerprint density at radius 2 is 1.68 bits per heavy atom. The molecule has 1 fully saturated rings. The number of aliphatic hydroxyl groups is 1. The van der Waals surface area contributed by atoms with Crippen molar-refractivity contribution in [3.63, 3.8) is 0 Å². The molecule has 0 saturated heterocycles. The highest BCUT2D eigenvalue weighted by Gasteiger charge is 2.24. The zero-order chi connectivity index (χ0) is 13.2. The van der Waals surface area contributed by atoms with Crippen LogP contribution in [0.15, 0.2) is 41.3 Å². The van der Waals surface area contributed by atoms with Gasteiger partial charge >= 0.3 is 0 Å². The van der Waals surface area contributed by atoms with Crippen molar-refractivity contribution < 1.29 is 10.2 Å². The normalized spacial score (nSPS) is 23.6. The van der Waals surface area contributed by atoms with Gasteiger partial charge in [-0.2, -0.15) is 0 Å². The van der Waals surface area contributed by atoms with Crippen molar-refractivity contribution in [1.82, 2.24) is 0 Å². The van der Waals surface area contributed by atoms with Crippen LogP contribution < -0.4 is 0 Å². The van der Waals surface area contributed by atoms with Gasteiger partial charge in [0.2, 0.25) is 0 Å². The maximum atomic E-state index is 10.1. The minimum absolute atomic E-state index is 0.202. The van der Waals surface area contributed by atoms with Crippen LogP contribution in [-0.2, 0) is 0 Å². The van der Waals surface area contributed by atoms with E-state index in [0.29, 0.717) is 5.75 Å². The van der Waals surface area contributed by atoms with E-state index in [0.717, 1.165) is 34.9 Å². The molecular formula is C16H18O2S. The second kappa shape index (κ2) is 5.43. The van der Waals surface area contributed by atoms with Gasteiger partial charge in [0.1, 0.15) is 5.75 Å². The second-order valence-corrected chi connectivity index (χ2v) is 6.42. The largest absolute Gasteiger partial charge is 0.507 e. The van der Waals surface area contributed by atoms with Crippen LogP contribution in [0, 0.1) is 0 Å². The fourth-order valence-electron chi connectivity index (χ4n) is 2.74. The molecule has 0 radical (unpaired) electrons. The molecule has 2 unspecified atom stereocenters. The van der Waals surface area contributed by atoms with Crippen molar-refractivity contribution in [3.05, 3.63) is 36.4 Å². The van der Waals surface area contributed by atoms with Gasteiger partial charge in [-0.1, -0.05) is 37.1 Å². The highest BCUT2D eigenvalue weighted by Crippen LogP contribution is 2.39. The molecule has 0 heterocycles. The number of benzene rings is 2. The Bertz CT molecular complexity index is 582. The summed E-state index contributed by atoms with van der Waals surface area (Å²) in [5.41, 5.74) is 0. The Balaban J connectivity index is 1.94. The summed E-state index contributed by atoms with van der Waals surface area (Å²) >= 11 is 1.75. The smallest absolute Gasteiger partial charge is 0.123 e. The molecular weight excluding hydrogens is 256 g/mol. The molecule has 2 nitrogen and oxygen atoms in total. The summed E-state index contributed by atoms with van der Waals surface area (Å²) in [7, 11) is 0. The number of thioether (sulfide) groups is 1. The SMILES string of the molecule is Oc1ccc(SC2CCCCC2O)c2ccccc12. The molecule has 1 saturated carbocycles. The number of phenols is 1. The van der Waals surface area contributed by atoms with Gasteiger partial charge in [0.15, 0.2) is 0 Å². The van der Waals surface area contributed by atoms with Crippen LogP contribution in [0.1, 0.15) is 25.7 Å². The molecule has 0 aliphatic heterocycles. The maximum absolute atomic E-state index is 10.1. The Morgan fingerprint density at radius 3 is 2.47 bits per heavy atom. The highest BCUT2D eigenvalue weighted by atomic mass is 32.2. The summed E-state index contributed by atoms with van der Waals surface area (Å²) in [5.74, 6) is 0.323. The third kappa shape index (κ3) is 2.58. The summed E-state index contributed by atoms with van der Waals surface area (Å²) in [6.07, 6.45) is 4.11. The zero-order valence-electron chi connectivity index (χ0n) is 10.7. The number of fused-ring (bicyclic) bond motifs is 1. The first-order chi connectivity index (χ1) is 9.25. The van der Waals surface area contributed by atoms with Crippen LogP contribution in [0.25, 0.3) is 10.8 Å². The molecule has 0 bridgehead atoms. The molecule has 1 aliphatic carbocycles. The molecule has 100 valence electrons. The molecule has 3 rings (SSSR count). The van der Waals surface area contributed by atoms with Gasteiger partial charge < -0.3 is 10.2 Å². The summed E-state index contributed by atoms with van der Waals surface area (Å²) in [6, 6.07) is 11.6. The Kier molecular flexibility index (Phi) is 3.67. The van der Waals surface area contributed by atoms with Gasteiger partial charge in [-0.05, 0) is 30.4 Å². The first-order valence-electron chi connectivity index (χ1n) is 6.81. The van der Waals surface area contributed by atoms with Crippen molar-refractivity contribution in [3.8, 4) is 5.75 Å². The van der Waals surface area contributed by atoms with Gasteiger partial charge in [-0.3, -0.25) is 0 Å². The number of aromatic hydroxyl groups is 1. The Morgan fingerprint density at radius 1 is 0.947 bits per heavy atom. The minimum Gasteiger partial charge on any atom is -0.507 e. The van der Waals surface area contributed by atoms with Crippen molar-refractivity contribution in [2.75, 3.05) is 0 Å². The van der Waals surface area contributed by atoms with Crippen LogP contribution in [0.4, 0.5) is 0 Å². The van der Waals surface area contributed by atoms with Crippen molar-refractivity contribution >= 4 is 22.5 Å². The number of rotatable bonds is 2. The highest BCUT2D eigenvalue weighted by molar-refractivity contribution is 8.00. The van der Waals surface area contributed by atoms with Crippen LogP contribution >= 0.6 is 11.8 Å². The van der Waals surface area contributed by atoms with Crippen LogP contribution in [0.2, 0.25) is 0 Å². The average molecular weight is 274 g/mol. The monoisotopic (exact) mass is 274 g/mol. The zero-order valence-corrected chi connectivity index (χ0v) is 11.6. The number of aliphatic hydroxyl groups excluding tert-OH is 1. The van der Waals surface area contributed by atoms with E-state index in [1.165, 1.54) is 6.42 Å². The first-order valence-corrected chi connectivity index (χ1v) is 7.69. The molecule has 19 heavy (non-hydrogen) atoms. The molecule has 2 aromatic rings. The fourth-order valence-corrected chi connectivity index (χ4v) is 4.09. The van der Waals surface area contributed by atoms with Crippen molar-refractivity contribution in [2.24, 2.45) is 0 Å². The molecule has 0 aromatic heterocycles. The minimum atomic E-state index is -0.202. The van der Waals surface area contributed by atoms with Gasteiger partial charge in [-0.15, -0.1) is 11.8 Å². The van der Waals surface area contributed by atoms with Crippen molar-refractivity contribution in [1.29, 1.82) is 0 Å². The van der Waals surface area contributed by atoms with E-state index in [-0.39, 0.29) is 11.4 Å². The first kappa shape index (κ1) is 12.8. The van der Waals surface area contributed by atoms with Crippen molar-refractivity contribution in [2.45, 2.75) is 41.9 Å². The van der Waals surface area contributed by atoms with Crippen LogP contribution in [-0.4, -0.2) is 21.6 Å². The topological polar surface area (TPSA) is 40.5 Å². The lowest BCUT2D eigenvalue weighted by atomic mass is 9.97. The number of hydrogen-bond donors (Lipinski definition) is 2. The Hall–Kier alpha value is -1.19. The Labute approximate surface area is 117 Å². The molecule has 2 atom stereocenters. The van der Waals surface area contributed by atoms with E-state index in [4.69, 9.17) is 0 Å². The number of hydrogen-bond acceptors (Lipinski definition) is 3.